The molecule has 2 fully saturated rings. The number of rotatable bonds is 4. The van der Waals surface area contributed by atoms with E-state index in [0.29, 0.717) is 6.04 Å². The van der Waals surface area contributed by atoms with Gasteiger partial charge in [0.1, 0.15) is 0 Å². The Morgan fingerprint density at radius 2 is 1.44 bits per heavy atom. The van der Waals surface area contributed by atoms with Crippen molar-refractivity contribution < 1.29 is 51.3 Å². The molecule has 2 atom stereocenters. The molecule has 9 nitrogen and oxygen atoms in total. The highest BCUT2D eigenvalue weighted by Gasteiger charge is 2.39. The van der Waals surface area contributed by atoms with Crippen molar-refractivity contribution in [1.29, 1.82) is 0 Å². The Balaban J connectivity index is 0.000000383. The summed E-state index contributed by atoms with van der Waals surface area (Å²) in [5, 5.41) is 32.1. The molecule has 208 valence electrons. The van der Waals surface area contributed by atoms with Gasteiger partial charge in [-0.25, -0.2) is 9.59 Å². The third kappa shape index (κ3) is 10.3. The van der Waals surface area contributed by atoms with Crippen LogP contribution in [0.4, 0.5) is 26.3 Å². The van der Waals surface area contributed by atoms with Gasteiger partial charge in [0.25, 0.3) is 0 Å². The van der Waals surface area contributed by atoms with E-state index in [1.54, 1.807) is 0 Å². The van der Waals surface area contributed by atoms with Crippen LogP contribution in [0.1, 0.15) is 49.6 Å². The van der Waals surface area contributed by atoms with Gasteiger partial charge in [0.15, 0.2) is 0 Å². The number of aromatic nitrogens is 2. The number of aliphatic hydroxyl groups is 1. The van der Waals surface area contributed by atoms with Crippen molar-refractivity contribution in [2.45, 2.75) is 77.0 Å². The molecule has 36 heavy (non-hydrogen) atoms. The summed E-state index contributed by atoms with van der Waals surface area (Å²) in [6, 6.07) is 0.400. The van der Waals surface area contributed by atoms with Crippen LogP contribution in [-0.4, -0.2) is 97.9 Å². The Morgan fingerprint density at radius 1 is 0.972 bits per heavy atom. The second-order valence-corrected chi connectivity index (χ2v) is 8.46. The van der Waals surface area contributed by atoms with Gasteiger partial charge in [0.05, 0.1) is 17.5 Å². The largest absolute Gasteiger partial charge is 0.490 e. The second kappa shape index (κ2) is 13.8. The Labute approximate surface area is 204 Å². The SMILES string of the molecule is CCc1n[nH]c(CN2CCN([C@H]3CCCC[C@@H]3O)CC2)c1C.O=C(O)C(F)(F)F.O=C(O)C(F)(F)F. The third-order valence-electron chi connectivity index (χ3n) is 5.98. The molecule has 1 aromatic rings. The van der Waals surface area contributed by atoms with Gasteiger partial charge in [-0.15, -0.1) is 0 Å². The molecule has 15 heteroatoms. The number of nitrogens with one attached hydrogen (secondary N) is 1. The van der Waals surface area contributed by atoms with Crippen LogP contribution in [0.5, 0.6) is 0 Å². The zero-order valence-corrected chi connectivity index (χ0v) is 20.0. The summed E-state index contributed by atoms with van der Waals surface area (Å²) in [6.07, 6.45) is -4.66. The molecule has 2 aliphatic rings. The maximum Gasteiger partial charge on any atom is 0.490 e. The summed E-state index contributed by atoms with van der Waals surface area (Å²) in [5.74, 6) is -5.51. The predicted octanol–water partition coefficient (Wildman–Crippen LogP) is 2.97. The number of carboxylic acid groups (broad SMARTS) is 2. The fourth-order valence-electron chi connectivity index (χ4n) is 3.97. The molecule has 0 bridgehead atoms. The zero-order chi connectivity index (χ0) is 27.7. The number of aliphatic hydroxyl groups excluding tert-OH is 1. The van der Waals surface area contributed by atoms with E-state index in [1.165, 1.54) is 36.2 Å². The van der Waals surface area contributed by atoms with Crippen molar-refractivity contribution in [2.75, 3.05) is 26.2 Å². The number of alkyl halides is 6. The normalized spacial score (nSPS) is 21.6. The van der Waals surface area contributed by atoms with E-state index in [9.17, 15) is 31.4 Å². The van der Waals surface area contributed by atoms with E-state index in [4.69, 9.17) is 19.8 Å². The third-order valence-corrected chi connectivity index (χ3v) is 5.98. The number of piperazine rings is 1. The molecule has 0 unspecified atom stereocenters. The fraction of sp³-hybridized carbons (Fsp3) is 0.762. The van der Waals surface area contributed by atoms with Crippen LogP contribution in [0.2, 0.25) is 0 Å². The molecule has 4 N–H and O–H groups in total. The molecule has 0 spiro atoms. The number of carboxylic acids is 2. The van der Waals surface area contributed by atoms with Gasteiger partial charge in [-0.3, -0.25) is 14.9 Å². The minimum Gasteiger partial charge on any atom is -0.475 e. The number of carbonyl (C=O) groups is 2. The average molecular weight is 534 g/mol. The number of aromatic amines is 1. The number of H-pyrrole nitrogens is 1. The number of hydrogen-bond acceptors (Lipinski definition) is 6. The molecular formula is C21H32F6N4O5. The molecule has 0 amide bonds. The Bertz CT molecular complexity index is 814. The number of aryl methyl sites for hydroxylation is 1. The van der Waals surface area contributed by atoms with Crippen LogP contribution in [0.3, 0.4) is 0 Å². The van der Waals surface area contributed by atoms with Crippen molar-refractivity contribution in [2.24, 2.45) is 0 Å². The standard InChI is InChI=1S/C17H30N4O.2C2HF3O2/c1-3-14-13(2)15(19-18-14)12-20-8-10-21(11-9-20)16-6-4-5-7-17(16)22;2*3-2(4,5)1(6)7/h16-17,22H,3-12H2,1-2H3,(H,18,19);2*(H,6,7)/t16-,17-;;/m0../s1. The van der Waals surface area contributed by atoms with Crippen LogP contribution in [0, 0.1) is 6.92 Å². The summed E-state index contributed by atoms with van der Waals surface area (Å²) in [7, 11) is 0. The predicted molar refractivity (Wildman–Crippen MR) is 115 cm³/mol. The quantitative estimate of drug-likeness (QED) is 0.434. The molecule has 1 aromatic heterocycles. The lowest BCUT2D eigenvalue weighted by molar-refractivity contribution is -0.193. The molecule has 0 radical (unpaired) electrons. The topological polar surface area (TPSA) is 130 Å². The van der Waals surface area contributed by atoms with Gasteiger partial charge in [-0.05, 0) is 31.7 Å². The van der Waals surface area contributed by atoms with Crippen LogP contribution in [0.15, 0.2) is 0 Å². The summed E-state index contributed by atoms with van der Waals surface area (Å²) >= 11 is 0. The number of nitrogens with zero attached hydrogens (tertiary/aromatic N) is 3. The van der Waals surface area contributed by atoms with E-state index >= 15 is 0 Å². The fourth-order valence-corrected chi connectivity index (χ4v) is 3.97. The van der Waals surface area contributed by atoms with Gasteiger partial charge in [0, 0.05) is 38.8 Å². The van der Waals surface area contributed by atoms with Crippen molar-refractivity contribution >= 4 is 11.9 Å². The van der Waals surface area contributed by atoms with Crippen molar-refractivity contribution in [3.63, 3.8) is 0 Å². The zero-order valence-electron chi connectivity index (χ0n) is 20.0. The lowest BCUT2D eigenvalue weighted by atomic mass is 9.91. The van der Waals surface area contributed by atoms with Gasteiger partial charge in [0.2, 0.25) is 0 Å². The van der Waals surface area contributed by atoms with Gasteiger partial charge in [-0.2, -0.15) is 31.4 Å². The van der Waals surface area contributed by atoms with Crippen LogP contribution in [0.25, 0.3) is 0 Å². The molecule has 2 heterocycles. The van der Waals surface area contributed by atoms with Crippen molar-refractivity contribution in [3.8, 4) is 0 Å². The highest BCUT2D eigenvalue weighted by atomic mass is 19.4. The summed E-state index contributed by atoms with van der Waals surface area (Å²) < 4.78 is 63.5. The van der Waals surface area contributed by atoms with Gasteiger partial charge in [-0.1, -0.05) is 19.8 Å². The maximum atomic E-state index is 10.6. The maximum absolute atomic E-state index is 10.6. The van der Waals surface area contributed by atoms with Gasteiger partial charge >= 0.3 is 24.3 Å². The van der Waals surface area contributed by atoms with Crippen LogP contribution in [-0.2, 0) is 22.6 Å². The second-order valence-electron chi connectivity index (χ2n) is 8.46. The van der Waals surface area contributed by atoms with E-state index < -0.39 is 24.3 Å². The molecule has 1 saturated carbocycles. The summed E-state index contributed by atoms with van der Waals surface area (Å²) in [6.45, 7) is 9.63. The van der Waals surface area contributed by atoms with E-state index in [2.05, 4.69) is 33.8 Å². The first kappa shape index (κ1) is 31.6. The Hall–Kier alpha value is -2.39. The van der Waals surface area contributed by atoms with E-state index in [1.807, 2.05) is 0 Å². The van der Waals surface area contributed by atoms with Crippen LogP contribution < -0.4 is 0 Å². The average Bonchev–Trinajstić information content (AvgIpc) is 3.13. The first-order valence-electron chi connectivity index (χ1n) is 11.3. The molecule has 1 aliphatic heterocycles. The number of halogens is 6. The lowest BCUT2D eigenvalue weighted by Gasteiger charge is -2.42. The molecule has 1 saturated heterocycles. The minimum atomic E-state index is -5.08. The molecule has 3 rings (SSSR count). The number of hydrogen-bond donors (Lipinski definition) is 4. The summed E-state index contributed by atoms with van der Waals surface area (Å²) in [4.78, 5) is 22.8. The smallest absolute Gasteiger partial charge is 0.475 e. The Kier molecular flexibility index (Phi) is 12.1. The van der Waals surface area contributed by atoms with E-state index in [0.717, 1.165) is 45.6 Å². The van der Waals surface area contributed by atoms with Gasteiger partial charge < -0.3 is 15.3 Å². The summed E-state index contributed by atoms with van der Waals surface area (Å²) in [5.41, 5.74) is 3.79. The molecule has 1 aliphatic carbocycles. The lowest BCUT2D eigenvalue weighted by Crippen LogP contribution is -2.54. The highest BCUT2D eigenvalue weighted by molar-refractivity contribution is 5.73. The monoisotopic (exact) mass is 534 g/mol. The van der Waals surface area contributed by atoms with Crippen molar-refractivity contribution in [3.05, 3.63) is 17.0 Å². The molecular weight excluding hydrogens is 502 g/mol. The van der Waals surface area contributed by atoms with E-state index in [-0.39, 0.29) is 6.10 Å². The first-order chi connectivity index (χ1) is 16.6. The van der Waals surface area contributed by atoms with Crippen molar-refractivity contribution in [1.82, 2.24) is 20.0 Å². The van der Waals surface area contributed by atoms with Crippen LogP contribution >= 0.6 is 0 Å². The number of aliphatic carboxylic acids is 2. The Morgan fingerprint density at radius 3 is 1.83 bits per heavy atom. The minimum absolute atomic E-state index is 0.109. The highest BCUT2D eigenvalue weighted by Crippen LogP contribution is 2.24. The molecule has 0 aromatic carbocycles. The first-order valence-corrected chi connectivity index (χ1v) is 11.3.